The summed E-state index contributed by atoms with van der Waals surface area (Å²) in [4.78, 5) is 0. The fraction of sp³-hybridized carbons (Fsp3) is 0.957. The fourth-order valence-corrected chi connectivity index (χ4v) is 14.7. The van der Waals surface area contributed by atoms with Crippen molar-refractivity contribution < 1.29 is 84.6 Å². The Labute approximate surface area is 377 Å². The molecule has 17 nitrogen and oxygen atoms in total. The number of hydrogen-bond acceptors (Lipinski definition) is 17. The highest BCUT2D eigenvalue weighted by Gasteiger charge is 2.74. The molecule has 0 amide bonds. The lowest BCUT2D eigenvalue weighted by Crippen LogP contribution is -2.71. The highest BCUT2D eigenvalue weighted by molar-refractivity contribution is 5.22. The van der Waals surface area contributed by atoms with Crippen molar-refractivity contribution in [1.29, 1.82) is 0 Å². The van der Waals surface area contributed by atoms with Crippen LogP contribution in [0.5, 0.6) is 0 Å². The predicted octanol–water partition coefficient (Wildman–Crippen LogP) is 0.612. The van der Waals surface area contributed by atoms with Crippen LogP contribution in [0.25, 0.3) is 0 Å². The van der Waals surface area contributed by atoms with Crippen molar-refractivity contribution in [3.63, 3.8) is 0 Å². The molecule has 24 atom stereocenters. The maximum atomic E-state index is 12.7. The quantitative estimate of drug-likeness (QED) is 0.0946. The van der Waals surface area contributed by atoms with E-state index >= 15 is 0 Å². The standard InChI is InChI=1S/C47H80O17/c1-22(2)10-9-13-47(8,64-32-17-25(51)34(54)28(19-48)60-32)23-11-15-45(6)33(23)24(50)16-30-44(5)14-12-31(53)43(3,4)40(44)27(18-46(30,45)7)61-42-39(37(57)36(56)29(20-49)62-42)63-41-38(58)35(55)26(52)21-59-41/h10,23-42,48-58H,9,11-21H2,1-8H3/t23?,24?,25-,26+,27?,28-,29-,30?,31?,32+,33?,34+,35-,36-,37+,38+,39-,40?,41-,42-,44+,45+,46+,47-/m0/s1. The molecule has 4 aliphatic carbocycles. The summed E-state index contributed by atoms with van der Waals surface area (Å²) in [7, 11) is 0. The van der Waals surface area contributed by atoms with Crippen molar-refractivity contribution >= 4 is 0 Å². The maximum Gasteiger partial charge on any atom is 0.187 e. The second-order valence-electron chi connectivity index (χ2n) is 22.5. The average Bonchev–Trinajstić information content (AvgIpc) is 3.61. The van der Waals surface area contributed by atoms with Crippen molar-refractivity contribution in [2.45, 2.75) is 217 Å². The summed E-state index contributed by atoms with van der Waals surface area (Å²) in [5.74, 6) is -0.819. The van der Waals surface area contributed by atoms with E-state index in [4.69, 9.17) is 28.4 Å². The first-order valence-corrected chi connectivity index (χ1v) is 23.8. The van der Waals surface area contributed by atoms with Crippen LogP contribution in [0.15, 0.2) is 11.6 Å². The number of hydrogen-bond donors (Lipinski definition) is 11. The molecule has 7 rings (SSSR count). The molecular weight excluding hydrogens is 837 g/mol. The van der Waals surface area contributed by atoms with Gasteiger partial charge in [-0.25, -0.2) is 0 Å². The highest BCUT2D eigenvalue weighted by Crippen LogP contribution is 2.76. The molecule has 11 N–H and O–H groups in total. The summed E-state index contributed by atoms with van der Waals surface area (Å²) in [6, 6.07) is 0. The zero-order chi connectivity index (χ0) is 47.1. The van der Waals surface area contributed by atoms with Crippen LogP contribution in [-0.4, -0.2) is 180 Å². The van der Waals surface area contributed by atoms with Crippen LogP contribution < -0.4 is 0 Å². The van der Waals surface area contributed by atoms with Gasteiger partial charge in [0.05, 0.1) is 49.8 Å². The highest BCUT2D eigenvalue weighted by atomic mass is 16.8. The van der Waals surface area contributed by atoms with Gasteiger partial charge in [-0.2, -0.15) is 0 Å². The van der Waals surface area contributed by atoms with E-state index < -0.39 is 139 Å². The first-order chi connectivity index (χ1) is 29.9. The van der Waals surface area contributed by atoms with Crippen LogP contribution in [0.2, 0.25) is 0 Å². The molecule has 3 aliphatic heterocycles. The van der Waals surface area contributed by atoms with E-state index in [-0.39, 0.29) is 36.7 Å². The van der Waals surface area contributed by atoms with Gasteiger partial charge in [-0.1, -0.05) is 46.3 Å². The van der Waals surface area contributed by atoms with Crippen LogP contribution >= 0.6 is 0 Å². The maximum absolute atomic E-state index is 12.7. The van der Waals surface area contributed by atoms with Crippen LogP contribution in [0.4, 0.5) is 0 Å². The Morgan fingerprint density at radius 1 is 0.719 bits per heavy atom. The Bertz CT molecular complexity index is 1630. The summed E-state index contributed by atoms with van der Waals surface area (Å²) in [6.45, 7) is 15.4. The molecule has 0 aromatic heterocycles. The molecule has 0 aromatic carbocycles. The Morgan fingerprint density at radius 2 is 1.39 bits per heavy atom. The third-order valence-corrected chi connectivity index (χ3v) is 18.2. The van der Waals surface area contributed by atoms with Crippen molar-refractivity contribution in [2.24, 2.45) is 45.3 Å². The van der Waals surface area contributed by atoms with E-state index in [2.05, 4.69) is 33.8 Å². The minimum atomic E-state index is -1.72. The molecule has 7 unspecified atom stereocenters. The third-order valence-electron chi connectivity index (χ3n) is 18.2. The first kappa shape index (κ1) is 50.9. The molecule has 64 heavy (non-hydrogen) atoms. The van der Waals surface area contributed by atoms with E-state index in [0.717, 1.165) is 12.0 Å². The van der Waals surface area contributed by atoms with Gasteiger partial charge in [0.25, 0.3) is 0 Å². The zero-order valence-corrected chi connectivity index (χ0v) is 39.0. The molecule has 3 heterocycles. The lowest BCUT2D eigenvalue weighted by molar-refractivity contribution is -0.377. The summed E-state index contributed by atoms with van der Waals surface area (Å²) < 4.78 is 38.0. The van der Waals surface area contributed by atoms with Crippen molar-refractivity contribution in [3.05, 3.63) is 11.6 Å². The lowest BCUT2D eigenvalue weighted by Gasteiger charge is -2.72. The Hall–Kier alpha value is -0.940. The van der Waals surface area contributed by atoms with E-state index in [1.807, 2.05) is 27.7 Å². The fourth-order valence-electron chi connectivity index (χ4n) is 14.7. The van der Waals surface area contributed by atoms with Crippen LogP contribution in [0, 0.1) is 45.3 Å². The van der Waals surface area contributed by atoms with Gasteiger partial charge in [-0.05, 0) is 117 Å². The van der Waals surface area contributed by atoms with Crippen LogP contribution in [0.1, 0.15) is 113 Å². The molecule has 0 bridgehead atoms. The Morgan fingerprint density at radius 3 is 2.05 bits per heavy atom. The number of aliphatic hydroxyl groups excluding tert-OH is 11. The van der Waals surface area contributed by atoms with Gasteiger partial charge in [0.2, 0.25) is 0 Å². The van der Waals surface area contributed by atoms with Gasteiger partial charge < -0.3 is 84.6 Å². The molecule has 0 aromatic rings. The van der Waals surface area contributed by atoms with E-state index in [1.54, 1.807) is 0 Å². The SMILES string of the molecule is CC(C)=CCC[C@](C)(O[C@@H]1C[C@H](O)[C@@H](O)[C@H](CO)O1)C1CC[C@]2(C)C1C(O)CC1[C@@]3(C)CCC(O)C(C)(C)C3C(O[C@H]3O[C@@H](CO)[C@H](O)[C@@H](O)[C@@H]3O[C@@H]3OC[C@@H](O)[C@H](O)[C@H]3O)C[C@]12C. The molecule has 7 fully saturated rings. The number of aliphatic hydroxyl groups is 11. The average molecular weight is 917 g/mol. The normalized spacial score (nSPS) is 52.5. The van der Waals surface area contributed by atoms with Gasteiger partial charge >= 0.3 is 0 Å². The van der Waals surface area contributed by atoms with Gasteiger partial charge in [0.15, 0.2) is 18.9 Å². The molecular formula is C47H80O17. The van der Waals surface area contributed by atoms with Crippen molar-refractivity contribution in [3.8, 4) is 0 Å². The number of allylic oxidation sites excluding steroid dienone is 2. The minimum Gasteiger partial charge on any atom is -0.394 e. The number of fused-ring (bicyclic) bond motifs is 5. The third kappa shape index (κ3) is 8.60. The molecule has 7 aliphatic rings. The van der Waals surface area contributed by atoms with E-state index in [1.165, 1.54) is 0 Å². The largest absolute Gasteiger partial charge is 0.394 e. The summed E-state index contributed by atoms with van der Waals surface area (Å²) >= 11 is 0. The topological polar surface area (TPSA) is 278 Å². The van der Waals surface area contributed by atoms with Gasteiger partial charge in [0.1, 0.15) is 54.9 Å². The molecule has 370 valence electrons. The van der Waals surface area contributed by atoms with E-state index in [0.29, 0.717) is 44.9 Å². The van der Waals surface area contributed by atoms with Crippen molar-refractivity contribution in [2.75, 3.05) is 19.8 Å². The predicted molar refractivity (Wildman–Crippen MR) is 228 cm³/mol. The Kier molecular flexibility index (Phi) is 14.9. The second kappa shape index (κ2) is 18.8. The minimum absolute atomic E-state index is 0.0124. The van der Waals surface area contributed by atoms with Gasteiger partial charge in [-0.3, -0.25) is 0 Å². The summed E-state index contributed by atoms with van der Waals surface area (Å²) in [5, 5.41) is 120. The van der Waals surface area contributed by atoms with Gasteiger partial charge in [0, 0.05) is 6.42 Å². The molecule has 0 spiro atoms. The van der Waals surface area contributed by atoms with Crippen LogP contribution in [-0.2, 0) is 28.4 Å². The molecule has 3 saturated heterocycles. The second-order valence-corrected chi connectivity index (χ2v) is 22.5. The van der Waals surface area contributed by atoms with Gasteiger partial charge in [-0.15, -0.1) is 0 Å². The van der Waals surface area contributed by atoms with Crippen molar-refractivity contribution in [1.82, 2.24) is 0 Å². The number of rotatable bonds is 12. The van der Waals surface area contributed by atoms with Crippen LogP contribution in [0.3, 0.4) is 0 Å². The first-order valence-electron chi connectivity index (χ1n) is 23.8. The van der Waals surface area contributed by atoms with E-state index in [9.17, 15) is 56.2 Å². The Balaban J connectivity index is 1.26. The monoisotopic (exact) mass is 917 g/mol. The molecule has 17 heteroatoms. The number of ether oxygens (including phenoxy) is 6. The summed E-state index contributed by atoms with van der Waals surface area (Å²) in [6.07, 6.45) is -13.3. The molecule has 4 saturated carbocycles. The zero-order valence-electron chi connectivity index (χ0n) is 39.0. The lowest BCUT2D eigenvalue weighted by atomic mass is 9.34. The molecule has 0 radical (unpaired) electrons. The smallest absolute Gasteiger partial charge is 0.187 e. The summed E-state index contributed by atoms with van der Waals surface area (Å²) in [5.41, 5.74) is -1.98.